The Morgan fingerprint density at radius 3 is 2.26 bits per heavy atom. The Bertz CT molecular complexity index is 992. The maximum absolute atomic E-state index is 12.1. The maximum Gasteiger partial charge on any atom is 0.308 e. The minimum absolute atomic E-state index is 0.0210. The van der Waals surface area contributed by atoms with Gasteiger partial charge < -0.3 is 14.8 Å². The molecule has 0 spiro atoms. The molecule has 0 saturated heterocycles. The molecule has 2 saturated carbocycles. The van der Waals surface area contributed by atoms with Gasteiger partial charge in [-0.05, 0) is 98.9 Å². The fourth-order valence-corrected chi connectivity index (χ4v) is 6.14. The molecule has 4 nitrogen and oxygen atoms in total. The van der Waals surface area contributed by atoms with Gasteiger partial charge in [0.25, 0.3) is 0 Å². The van der Waals surface area contributed by atoms with Crippen molar-refractivity contribution in [2.75, 3.05) is 6.61 Å². The molecule has 4 rings (SSSR count). The number of benzene rings is 2. The Balaban J connectivity index is 1.45. The summed E-state index contributed by atoms with van der Waals surface area (Å²) in [5.74, 6) is 1.88. The summed E-state index contributed by atoms with van der Waals surface area (Å²) in [6.07, 6.45) is 8.91. The second kappa shape index (κ2) is 11.3. The highest BCUT2D eigenvalue weighted by atomic mass is 16.5. The summed E-state index contributed by atoms with van der Waals surface area (Å²) >= 11 is 0. The molecule has 2 aromatic carbocycles. The first-order valence-corrected chi connectivity index (χ1v) is 13.8. The average molecular weight is 480 g/mol. The van der Waals surface area contributed by atoms with Crippen molar-refractivity contribution in [1.29, 1.82) is 0 Å². The molecule has 0 heterocycles. The minimum Gasteiger partial charge on any atom is -0.490 e. The average Bonchev–Trinajstić information content (AvgIpc) is 2.84. The Hall–Kier alpha value is -2.07. The molecular weight excluding hydrogens is 434 g/mol. The Morgan fingerprint density at radius 1 is 0.971 bits per heavy atom. The highest BCUT2D eigenvalue weighted by molar-refractivity contribution is 5.90. The van der Waals surface area contributed by atoms with E-state index >= 15 is 0 Å². The first-order valence-electron chi connectivity index (χ1n) is 13.8. The SMILES string of the molecule is CCOC(=O)C1CCC(NCc2c(O[C@H]3CC[C@H](C(C)(C)C)CC3)cc(C)c3ccccc23)CC1. The van der Waals surface area contributed by atoms with Crippen LogP contribution in [0.4, 0.5) is 0 Å². The zero-order valence-electron chi connectivity index (χ0n) is 22.5. The van der Waals surface area contributed by atoms with Crippen LogP contribution in [0.1, 0.15) is 90.2 Å². The van der Waals surface area contributed by atoms with Crippen LogP contribution >= 0.6 is 0 Å². The van der Waals surface area contributed by atoms with Crippen LogP contribution in [0.2, 0.25) is 0 Å². The molecule has 2 aromatic rings. The normalized spacial score (nSPS) is 25.4. The van der Waals surface area contributed by atoms with Crippen molar-refractivity contribution >= 4 is 16.7 Å². The quantitative estimate of drug-likeness (QED) is 0.422. The van der Waals surface area contributed by atoms with Gasteiger partial charge >= 0.3 is 5.97 Å². The first-order chi connectivity index (χ1) is 16.8. The molecule has 2 fully saturated rings. The predicted molar refractivity (Wildman–Crippen MR) is 144 cm³/mol. The van der Waals surface area contributed by atoms with Gasteiger partial charge in [-0.2, -0.15) is 0 Å². The number of aryl methyl sites for hydroxylation is 1. The number of esters is 1. The molecule has 35 heavy (non-hydrogen) atoms. The van der Waals surface area contributed by atoms with E-state index in [1.54, 1.807) is 0 Å². The van der Waals surface area contributed by atoms with Gasteiger partial charge in [-0.15, -0.1) is 0 Å². The van der Waals surface area contributed by atoms with Crippen molar-refractivity contribution in [2.24, 2.45) is 17.3 Å². The largest absolute Gasteiger partial charge is 0.490 e. The van der Waals surface area contributed by atoms with Crippen molar-refractivity contribution in [2.45, 2.75) is 105 Å². The molecule has 0 bridgehead atoms. The summed E-state index contributed by atoms with van der Waals surface area (Å²) in [6, 6.07) is 11.4. The number of fused-ring (bicyclic) bond motifs is 1. The van der Waals surface area contributed by atoms with Crippen LogP contribution in [-0.4, -0.2) is 24.7 Å². The van der Waals surface area contributed by atoms with E-state index < -0.39 is 0 Å². The number of hydrogen-bond acceptors (Lipinski definition) is 4. The maximum atomic E-state index is 12.1. The fourth-order valence-electron chi connectivity index (χ4n) is 6.14. The van der Waals surface area contributed by atoms with Crippen molar-refractivity contribution in [3.63, 3.8) is 0 Å². The topological polar surface area (TPSA) is 47.6 Å². The van der Waals surface area contributed by atoms with E-state index in [1.165, 1.54) is 34.7 Å². The van der Waals surface area contributed by atoms with Crippen LogP contribution in [0.15, 0.2) is 30.3 Å². The van der Waals surface area contributed by atoms with Crippen LogP contribution in [0.3, 0.4) is 0 Å². The summed E-state index contributed by atoms with van der Waals surface area (Å²) < 4.78 is 12.0. The number of ether oxygens (including phenoxy) is 2. The lowest BCUT2D eigenvalue weighted by Gasteiger charge is -2.37. The van der Waals surface area contributed by atoms with Gasteiger partial charge in [0.2, 0.25) is 0 Å². The van der Waals surface area contributed by atoms with Crippen molar-refractivity contribution in [1.82, 2.24) is 5.32 Å². The van der Waals surface area contributed by atoms with E-state index in [1.807, 2.05) is 6.92 Å². The van der Waals surface area contributed by atoms with Crippen LogP contribution in [-0.2, 0) is 16.1 Å². The van der Waals surface area contributed by atoms with Crippen LogP contribution < -0.4 is 10.1 Å². The van der Waals surface area contributed by atoms with Gasteiger partial charge in [0.05, 0.1) is 18.6 Å². The highest BCUT2D eigenvalue weighted by Gasteiger charge is 2.31. The van der Waals surface area contributed by atoms with E-state index in [-0.39, 0.29) is 11.9 Å². The molecule has 0 aliphatic heterocycles. The molecule has 0 atom stereocenters. The summed E-state index contributed by atoms with van der Waals surface area (Å²) in [4.78, 5) is 12.1. The molecule has 0 unspecified atom stereocenters. The van der Waals surface area contributed by atoms with Gasteiger partial charge in [-0.3, -0.25) is 4.79 Å². The Kier molecular flexibility index (Phi) is 8.42. The van der Waals surface area contributed by atoms with E-state index in [0.29, 0.717) is 24.2 Å². The zero-order valence-corrected chi connectivity index (χ0v) is 22.5. The van der Waals surface area contributed by atoms with Gasteiger partial charge in [-0.1, -0.05) is 45.0 Å². The molecule has 192 valence electrons. The lowest BCUT2D eigenvalue weighted by atomic mass is 9.72. The van der Waals surface area contributed by atoms with Gasteiger partial charge in [-0.25, -0.2) is 0 Å². The lowest BCUT2D eigenvalue weighted by Crippen LogP contribution is -2.35. The minimum atomic E-state index is -0.0210. The number of nitrogens with one attached hydrogen (secondary N) is 1. The number of rotatable bonds is 7. The third kappa shape index (κ3) is 6.39. The second-order valence-electron chi connectivity index (χ2n) is 11.9. The number of hydrogen-bond donors (Lipinski definition) is 1. The van der Waals surface area contributed by atoms with Crippen molar-refractivity contribution in [3.05, 3.63) is 41.5 Å². The number of carbonyl (C=O) groups is 1. The molecule has 1 N–H and O–H groups in total. The summed E-state index contributed by atoms with van der Waals surface area (Å²) in [5, 5.41) is 6.41. The van der Waals surface area contributed by atoms with Crippen LogP contribution in [0.5, 0.6) is 5.75 Å². The second-order valence-corrected chi connectivity index (χ2v) is 11.9. The van der Waals surface area contributed by atoms with Gasteiger partial charge in [0, 0.05) is 18.2 Å². The summed E-state index contributed by atoms with van der Waals surface area (Å²) in [7, 11) is 0. The standard InChI is InChI=1S/C31H45NO3/c1-6-34-30(33)22-11-15-24(16-12-22)32-20-28-27-10-8-7-9-26(27)21(2)19-29(28)35-25-17-13-23(14-18-25)31(3,4)5/h7-10,19,22-25,32H,6,11-18,20H2,1-5H3/t22?,23-,24?,25-. The zero-order chi connectivity index (χ0) is 25.0. The van der Waals surface area contributed by atoms with Crippen LogP contribution in [0.25, 0.3) is 10.8 Å². The molecule has 4 heteroatoms. The smallest absolute Gasteiger partial charge is 0.308 e. The van der Waals surface area contributed by atoms with Gasteiger partial charge in [0.1, 0.15) is 5.75 Å². The third-order valence-electron chi connectivity index (χ3n) is 8.43. The van der Waals surface area contributed by atoms with Crippen LogP contribution in [0, 0.1) is 24.2 Å². The van der Waals surface area contributed by atoms with Gasteiger partial charge in [0.15, 0.2) is 0 Å². The fraction of sp³-hybridized carbons (Fsp3) is 0.645. The molecule has 2 aliphatic carbocycles. The van der Waals surface area contributed by atoms with Crippen molar-refractivity contribution in [3.8, 4) is 5.75 Å². The van der Waals surface area contributed by atoms with Crippen molar-refractivity contribution < 1.29 is 14.3 Å². The third-order valence-corrected chi connectivity index (χ3v) is 8.43. The Labute approximate surface area is 212 Å². The number of carbonyl (C=O) groups excluding carboxylic acids is 1. The summed E-state index contributed by atoms with van der Waals surface area (Å²) in [6.45, 7) is 12.5. The molecule has 0 radical (unpaired) electrons. The van der Waals surface area contributed by atoms with E-state index in [4.69, 9.17) is 9.47 Å². The monoisotopic (exact) mass is 479 g/mol. The van der Waals surface area contributed by atoms with E-state index in [0.717, 1.165) is 56.7 Å². The molecule has 0 amide bonds. The molecule has 2 aliphatic rings. The lowest BCUT2D eigenvalue weighted by molar-refractivity contribution is -0.149. The van der Waals surface area contributed by atoms with E-state index in [9.17, 15) is 4.79 Å². The predicted octanol–water partition coefficient (Wildman–Crippen LogP) is 7.34. The first kappa shape index (κ1) is 26.0. The highest BCUT2D eigenvalue weighted by Crippen LogP contribution is 2.40. The molecular formula is C31H45NO3. The molecule has 0 aromatic heterocycles. The summed E-state index contributed by atoms with van der Waals surface area (Å²) in [5.41, 5.74) is 2.93. The Morgan fingerprint density at radius 2 is 1.63 bits per heavy atom. The van der Waals surface area contributed by atoms with E-state index in [2.05, 4.69) is 63.3 Å².